The minimum atomic E-state index is -0.877. The number of rotatable bonds is 6. The van der Waals surface area contributed by atoms with Crippen LogP contribution in [0.3, 0.4) is 0 Å². The van der Waals surface area contributed by atoms with Crippen molar-refractivity contribution < 1.29 is 24.1 Å². The number of fused-ring (bicyclic) bond motifs is 3. The number of hydrogen-bond donors (Lipinski definition) is 1. The van der Waals surface area contributed by atoms with Gasteiger partial charge in [-0.3, -0.25) is 4.79 Å². The third kappa shape index (κ3) is 4.17. The van der Waals surface area contributed by atoms with Gasteiger partial charge in [-0.25, -0.2) is 0 Å². The van der Waals surface area contributed by atoms with Crippen molar-refractivity contribution >= 4 is 5.97 Å². The maximum Gasteiger partial charge on any atom is 0.315 e. The number of methoxy groups -OCH3 is 1. The topological polar surface area (TPSA) is 65.0 Å². The van der Waals surface area contributed by atoms with E-state index >= 15 is 0 Å². The molecule has 30 heavy (non-hydrogen) atoms. The second-order valence-electron chi connectivity index (χ2n) is 9.69. The molecule has 0 radical (unpaired) electrons. The molecule has 1 fully saturated rings. The molecule has 1 aliphatic carbocycles. The molecule has 0 saturated heterocycles. The summed E-state index contributed by atoms with van der Waals surface area (Å²) in [6.45, 7) is 10.4. The van der Waals surface area contributed by atoms with Crippen molar-refractivity contribution in [1.82, 2.24) is 0 Å². The monoisotopic (exact) mass is 416 g/mol. The average molecular weight is 417 g/mol. The summed E-state index contributed by atoms with van der Waals surface area (Å²) in [4.78, 5) is 12.7. The first-order chi connectivity index (χ1) is 14.1. The molecule has 1 aromatic rings. The van der Waals surface area contributed by atoms with Gasteiger partial charge in [-0.05, 0) is 76.6 Å². The van der Waals surface area contributed by atoms with E-state index in [2.05, 4.69) is 20.8 Å². The number of phenols is 1. The van der Waals surface area contributed by atoms with Gasteiger partial charge in [-0.1, -0.05) is 13.3 Å². The summed E-state index contributed by atoms with van der Waals surface area (Å²) in [6, 6.07) is 3.63. The molecule has 1 saturated carbocycles. The highest BCUT2D eigenvalue weighted by atomic mass is 16.5. The van der Waals surface area contributed by atoms with Gasteiger partial charge >= 0.3 is 5.97 Å². The van der Waals surface area contributed by atoms with Crippen LogP contribution in [0, 0.1) is 5.92 Å². The summed E-state index contributed by atoms with van der Waals surface area (Å²) in [7, 11) is 1.67. The van der Waals surface area contributed by atoms with E-state index < -0.39 is 5.41 Å². The van der Waals surface area contributed by atoms with E-state index in [0.29, 0.717) is 23.8 Å². The van der Waals surface area contributed by atoms with Crippen molar-refractivity contribution in [3.63, 3.8) is 0 Å². The number of allylic oxidation sites excluding steroid dienone is 1. The van der Waals surface area contributed by atoms with E-state index in [-0.39, 0.29) is 23.2 Å². The number of esters is 1. The van der Waals surface area contributed by atoms with Crippen molar-refractivity contribution in [3.8, 4) is 11.5 Å². The quantitative estimate of drug-likeness (QED) is 0.372. The molecule has 1 unspecified atom stereocenters. The van der Waals surface area contributed by atoms with Crippen LogP contribution in [0.4, 0.5) is 0 Å². The fourth-order valence-corrected chi connectivity index (χ4v) is 4.87. The Bertz CT molecular complexity index is 821. The van der Waals surface area contributed by atoms with Gasteiger partial charge in [0.2, 0.25) is 0 Å². The van der Waals surface area contributed by atoms with Crippen molar-refractivity contribution in [2.75, 3.05) is 13.7 Å². The Morgan fingerprint density at radius 2 is 2.10 bits per heavy atom. The molecule has 5 heteroatoms. The Morgan fingerprint density at radius 1 is 1.37 bits per heavy atom. The second-order valence-corrected chi connectivity index (χ2v) is 9.69. The maximum atomic E-state index is 12.7. The molecule has 2 atom stereocenters. The highest BCUT2D eigenvalue weighted by Gasteiger charge is 2.47. The Labute approximate surface area is 180 Å². The molecule has 1 aromatic carbocycles. The SMILES string of the molecule is CCCCOC(=O)C(C)(C)c1cc(O)c2c(c1)OC(C)(C)[C@@H]1CC/C(=C/OC)CC21. The number of aromatic hydroxyl groups is 1. The molecule has 0 aromatic heterocycles. The molecular formula is C25H36O5. The second kappa shape index (κ2) is 8.52. The van der Waals surface area contributed by atoms with Crippen molar-refractivity contribution in [2.24, 2.45) is 5.92 Å². The smallest absolute Gasteiger partial charge is 0.315 e. The summed E-state index contributed by atoms with van der Waals surface area (Å²) in [5.41, 5.74) is 1.58. The average Bonchev–Trinajstić information content (AvgIpc) is 2.67. The zero-order chi connectivity index (χ0) is 22.1. The molecule has 1 aliphatic heterocycles. The number of ether oxygens (including phenoxy) is 3. The van der Waals surface area contributed by atoms with Gasteiger partial charge in [-0.2, -0.15) is 0 Å². The summed E-state index contributed by atoms with van der Waals surface area (Å²) in [5.74, 6) is 1.05. The third-order valence-corrected chi connectivity index (χ3v) is 6.75. The number of carbonyl (C=O) groups is 1. The fraction of sp³-hybridized carbons (Fsp3) is 0.640. The van der Waals surface area contributed by atoms with E-state index in [1.807, 2.05) is 26.2 Å². The van der Waals surface area contributed by atoms with Gasteiger partial charge in [0.25, 0.3) is 0 Å². The standard InChI is InChI=1S/C25H36O5/c1-7-8-11-29-23(27)24(2,3)17-13-20(26)22-18-12-16(15-28-6)9-10-19(18)25(4,5)30-21(22)14-17/h13-15,18-19,26H,7-12H2,1-6H3/b16-15-/t18?,19-/m1/s1. The lowest BCUT2D eigenvalue weighted by atomic mass is 9.65. The lowest BCUT2D eigenvalue weighted by Crippen LogP contribution is -2.46. The van der Waals surface area contributed by atoms with Crippen molar-refractivity contribution in [3.05, 3.63) is 35.1 Å². The number of carbonyl (C=O) groups excluding carboxylic acids is 1. The van der Waals surface area contributed by atoms with Crippen LogP contribution in [0.25, 0.3) is 0 Å². The van der Waals surface area contributed by atoms with Crippen molar-refractivity contribution in [1.29, 1.82) is 0 Å². The van der Waals surface area contributed by atoms with Gasteiger partial charge in [0.1, 0.15) is 17.1 Å². The zero-order valence-electron chi connectivity index (χ0n) is 19.2. The van der Waals surface area contributed by atoms with Crippen molar-refractivity contribution in [2.45, 2.75) is 83.7 Å². The first-order valence-corrected chi connectivity index (χ1v) is 11.1. The number of phenolic OH excluding ortho intramolecular Hbond substituents is 1. The summed E-state index contributed by atoms with van der Waals surface area (Å²) < 4.78 is 17.1. The van der Waals surface area contributed by atoms with Crippen LogP contribution in [0.2, 0.25) is 0 Å². The number of unbranched alkanes of at least 4 members (excludes halogenated alkanes) is 1. The molecule has 166 valence electrons. The van der Waals surface area contributed by atoms with Gasteiger partial charge < -0.3 is 19.3 Å². The number of benzene rings is 1. The minimum Gasteiger partial charge on any atom is -0.508 e. The Morgan fingerprint density at radius 3 is 2.77 bits per heavy atom. The van der Waals surface area contributed by atoms with Crippen LogP contribution in [-0.4, -0.2) is 30.4 Å². The lowest BCUT2D eigenvalue weighted by Gasteiger charge is -2.48. The first kappa shape index (κ1) is 22.5. The van der Waals surface area contributed by atoms with Crippen LogP contribution in [-0.2, 0) is 19.7 Å². The highest BCUT2D eigenvalue weighted by Crippen LogP contribution is 2.55. The molecular weight excluding hydrogens is 380 g/mol. The van der Waals surface area contributed by atoms with Gasteiger partial charge in [0, 0.05) is 17.4 Å². The largest absolute Gasteiger partial charge is 0.508 e. The third-order valence-electron chi connectivity index (χ3n) is 6.75. The highest BCUT2D eigenvalue weighted by molar-refractivity contribution is 5.82. The zero-order valence-corrected chi connectivity index (χ0v) is 19.2. The van der Waals surface area contributed by atoms with Gasteiger partial charge in [0.05, 0.1) is 25.4 Å². The fourth-order valence-electron chi connectivity index (χ4n) is 4.87. The van der Waals surface area contributed by atoms with E-state index in [9.17, 15) is 9.90 Å². The van der Waals surface area contributed by atoms with E-state index in [0.717, 1.165) is 37.7 Å². The summed E-state index contributed by atoms with van der Waals surface area (Å²) in [6.07, 6.45) is 6.45. The summed E-state index contributed by atoms with van der Waals surface area (Å²) in [5, 5.41) is 11.0. The molecule has 0 bridgehead atoms. The Hall–Kier alpha value is -2.17. The van der Waals surface area contributed by atoms with E-state index in [1.165, 1.54) is 5.57 Å². The molecule has 0 amide bonds. The Balaban J connectivity index is 1.98. The van der Waals surface area contributed by atoms with Crippen LogP contribution >= 0.6 is 0 Å². The van der Waals surface area contributed by atoms with Crippen LogP contribution < -0.4 is 4.74 Å². The molecule has 5 nitrogen and oxygen atoms in total. The molecule has 3 rings (SSSR count). The van der Waals surface area contributed by atoms with Gasteiger partial charge in [-0.15, -0.1) is 0 Å². The van der Waals surface area contributed by atoms with E-state index in [1.54, 1.807) is 13.2 Å². The summed E-state index contributed by atoms with van der Waals surface area (Å²) >= 11 is 0. The van der Waals surface area contributed by atoms with E-state index in [4.69, 9.17) is 14.2 Å². The normalized spacial score (nSPS) is 23.9. The predicted octanol–water partition coefficient (Wildman–Crippen LogP) is 5.60. The first-order valence-electron chi connectivity index (χ1n) is 11.1. The number of hydrogen-bond acceptors (Lipinski definition) is 5. The van der Waals surface area contributed by atoms with Gasteiger partial charge in [0.15, 0.2) is 0 Å². The predicted molar refractivity (Wildman–Crippen MR) is 117 cm³/mol. The molecule has 0 spiro atoms. The minimum absolute atomic E-state index is 0.160. The Kier molecular flexibility index (Phi) is 6.40. The maximum absolute atomic E-state index is 12.7. The van der Waals surface area contributed by atoms with Crippen LogP contribution in [0.1, 0.15) is 83.8 Å². The molecule has 1 heterocycles. The van der Waals surface area contributed by atoms with Crippen LogP contribution in [0.5, 0.6) is 11.5 Å². The molecule has 2 aliphatic rings. The molecule has 1 N–H and O–H groups in total. The van der Waals surface area contributed by atoms with Crippen LogP contribution in [0.15, 0.2) is 24.0 Å². The lowest BCUT2D eigenvalue weighted by molar-refractivity contribution is -0.149.